The molecule has 0 unspecified atom stereocenters. The van der Waals surface area contributed by atoms with Crippen molar-refractivity contribution in [3.63, 3.8) is 0 Å². The first-order valence-electron chi connectivity index (χ1n) is 31.5. The van der Waals surface area contributed by atoms with Crippen LogP contribution in [0.5, 0.6) is 0 Å². The largest absolute Gasteiger partial charge is 0.311 e. The molecule has 1 aromatic heterocycles. The maximum atomic E-state index is 9.75. The Bertz CT molecular complexity index is 4720. The summed E-state index contributed by atoms with van der Waals surface area (Å²) in [6, 6.07) is 0.485. The summed E-state index contributed by atoms with van der Waals surface area (Å²) in [6.07, 6.45) is 0. The summed E-state index contributed by atoms with van der Waals surface area (Å²) in [5.74, 6) is 0. The van der Waals surface area contributed by atoms with Crippen LogP contribution < -0.4 is 4.90 Å². The van der Waals surface area contributed by atoms with E-state index in [9.17, 15) is 17.8 Å². The van der Waals surface area contributed by atoms with Gasteiger partial charge in [0, 0.05) is 33.5 Å². The molecule has 0 aliphatic rings. The van der Waals surface area contributed by atoms with Gasteiger partial charge in [-0.2, -0.15) is 0 Å². The van der Waals surface area contributed by atoms with Crippen molar-refractivity contribution < 1.29 is 35.6 Å². The summed E-state index contributed by atoms with van der Waals surface area (Å²) >= 11 is 0. The lowest BCUT2D eigenvalue weighted by Crippen LogP contribution is -2.09. The molecular weight excluding hydrogens is 725 g/mol. The number of anilines is 3. The zero-order valence-corrected chi connectivity index (χ0v) is 31.0. The van der Waals surface area contributed by atoms with Crippen molar-refractivity contribution in [2.45, 2.75) is 0 Å². The maximum absolute atomic E-state index is 9.75. The third-order valence-corrected chi connectivity index (χ3v) is 9.83. The number of benzene rings is 10. The molecule has 1 heterocycles. The van der Waals surface area contributed by atoms with Gasteiger partial charge in [0.1, 0.15) is 0 Å². The van der Waals surface area contributed by atoms with Crippen molar-refractivity contribution in [1.29, 1.82) is 0 Å². The SMILES string of the molecule is [2H]c1c([2H])c([2H])c(-c2c([2H])c([2H])c(N(c3c([2H])c([2H])c(-c4ccc5c(c4)c4ccccc4n5-c4ccc5ccccc5c4)c([2H])c3[2H])c3c([2H])c([2H])c(-c4c([2H])c([2H])c([2H])c(-c5c([2H])c([2H])c([2H])c([2H])c5[2H])c4[2H])c([2H])c3[2H])c([2H])c2[2H])c([2H])c1[2H]. The van der Waals surface area contributed by atoms with Gasteiger partial charge in [-0.1, -0.05) is 169 Å². The average Bonchev–Trinajstić information content (AvgIpc) is 0.826. The van der Waals surface area contributed by atoms with Crippen LogP contribution >= 0.6 is 0 Å². The quantitative estimate of drug-likeness (QED) is 0.149. The number of rotatable bonds is 8. The molecule has 0 aliphatic heterocycles. The highest BCUT2D eigenvalue weighted by Gasteiger charge is 2.16. The summed E-state index contributed by atoms with van der Waals surface area (Å²) in [4.78, 5) is 0.450. The van der Waals surface area contributed by atoms with Crippen molar-refractivity contribution in [2.24, 2.45) is 0 Å². The van der Waals surface area contributed by atoms with Crippen molar-refractivity contribution in [3.8, 4) is 50.2 Å². The molecule has 0 atom stereocenters. The molecule has 11 rings (SSSR count). The van der Waals surface area contributed by atoms with Crippen molar-refractivity contribution in [1.82, 2.24) is 4.57 Å². The van der Waals surface area contributed by atoms with Gasteiger partial charge >= 0.3 is 0 Å². The zero-order chi connectivity index (χ0) is 62.5. The van der Waals surface area contributed by atoms with E-state index in [2.05, 4.69) is 0 Å². The summed E-state index contributed by atoms with van der Waals surface area (Å²) in [7, 11) is 0. The lowest BCUT2D eigenvalue weighted by atomic mass is 9.98. The van der Waals surface area contributed by atoms with Gasteiger partial charge in [0.2, 0.25) is 0 Å². The van der Waals surface area contributed by atoms with Crippen LogP contribution in [0.4, 0.5) is 17.1 Å². The number of fused-ring (bicyclic) bond motifs is 4. The highest BCUT2D eigenvalue weighted by atomic mass is 15.1. The second-order valence-electron chi connectivity index (χ2n) is 13.4. The third kappa shape index (κ3) is 6.51. The second kappa shape index (κ2) is 15.1. The van der Waals surface area contributed by atoms with Gasteiger partial charge in [-0.15, -0.1) is 0 Å². The van der Waals surface area contributed by atoms with Gasteiger partial charge in [0.15, 0.2) is 0 Å². The Morgan fingerprint density at radius 2 is 0.817 bits per heavy atom. The summed E-state index contributed by atoms with van der Waals surface area (Å²) in [5.41, 5.74) is -5.83. The standard InChI is InChI=1S/C58H40N2/c1-3-12-41(13-4-1)44-22-30-51(31-23-44)59(52-32-24-45(25-33-52)48-19-11-18-47(38-48)42-14-5-2-6-15-42)53-34-26-46(27-35-53)50-29-37-58-56(40-50)55-20-9-10-21-57(55)60(58)54-36-28-43-16-7-8-17-49(43)39-54/h1-40H/i1D,2D,3D,4D,5D,6D,11D,12D,13D,14D,15D,18D,19D,22D,23D,24D,25D,26D,27D,30D,31D,32D,33D,34D,35D,38D. The second-order valence-corrected chi connectivity index (χ2v) is 13.4. The van der Waals surface area contributed by atoms with Gasteiger partial charge in [-0.05, 0) is 128 Å². The van der Waals surface area contributed by atoms with Gasteiger partial charge in [-0.3, -0.25) is 0 Å². The molecule has 0 aliphatic carbocycles. The normalized spacial score (nSPS) is 17.4. The van der Waals surface area contributed by atoms with E-state index >= 15 is 0 Å². The van der Waals surface area contributed by atoms with E-state index in [0.717, 1.165) is 27.4 Å². The number of nitrogens with zero attached hydrogens (tertiary/aromatic N) is 2. The molecule has 2 nitrogen and oxygen atoms in total. The molecule has 0 N–H and O–H groups in total. The van der Waals surface area contributed by atoms with E-state index in [4.69, 9.17) is 17.8 Å². The van der Waals surface area contributed by atoms with Crippen LogP contribution in [0.15, 0.2) is 242 Å². The minimum absolute atomic E-state index is 0.169. The van der Waals surface area contributed by atoms with Crippen molar-refractivity contribution in [2.75, 3.05) is 4.90 Å². The smallest absolute Gasteiger partial charge is 0.0645 e. The van der Waals surface area contributed by atoms with E-state index < -0.39 is 208 Å². The van der Waals surface area contributed by atoms with Crippen LogP contribution in [-0.2, 0) is 0 Å². The fourth-order valence-electron chi connectivity index (χ4n) is 7.05. The van der Waals surface area contributed by atoms with Crippen LogP contribution in [-0.4, -0.2) is 4.57 Å². The predicted molar refractivity (Wildman–Crippen MR) is 255 cm³/mol. The van der Waals surface area contributed by atoms with Crippen LogP contribution in [0.2, 0.25) is 0 Å². The van der Waals surface area contributed by atoms with Gasteiger partial charge in [-0.25, -0.2) is 0 Å². The lowest BCUT2D eigenvalue weighted by molar-refractivity contribution is 1.19. The van der Waals surface area contributed by atoms with Crippen molar-refractivity contribution >= 4 is 49.6 Å². The molecule has 0 saturated carbocycles. The number of hydrogen-bond donors (Lipinski definition) is 0. The Morgan fingerprint density at radius 3 is 1.45 bits per heavy atom. The highest BCUT2D eigenvalue weighted by Crippen LogP contribution is 2.40. The van der Waals surface area contributed by atoms with Crippen LogP contribution in [0.25, 0.3) is 82.8 Å². The fraction of sp³-hybridized carbons (Fsp3) is 0. The van der Waals surface area contributed by atoms with E-state index in [-0.39, 0.29) is 11.1 Å². The Labute approximate surface area is 387 Å². The summed E-state index contributed by atoms with van der Waals surface area (Å²) < 4.78 is 237. The first-order chi connectivity index (χ1) is 40.6. The highest BCUT2D eigenvalue weighted by molar-refractivity contribution is 6.10. The summed E-state index contributed by atoms with van der Waals surface area (Å²) in [5, 5.41) is 3.39. The molecule has 11 aromatic rings. The van der Waals surface area contributed by atoms with E-state index in [1.807, 2.05) is 71.3 Å². The van der Waals surface area contributed by atoms with Crippen LogP contribution in [0, 0.1) is 0 Å². The first kappa shape index (κ1) is 17.5. The molecule has 282 valence electrons. The van der Waals surface area contributed by atoms with E-state index in [1.54, 1.807) is 18.2 Å². The number of aromatic nitrogens is 1. The van der Waals surface area contributed by atoms with Gasteiger partial charge in [0.25, 0.3) is 0 Å². The molecule has 10 aromatic carbocycles. The zero-order valence-electron chi connectivity index (χ0n) is 57.0. The molecule has 0 saturated heterocycles. The van der Waals surface area contributed by atoms with Crippen molar-refractivity contribution in [3.05, 3.63) is 242 Å². The monoisotopic (exact) mass is 790 g/mol. The number of para-hydroxylation sites is 1. The van der Waals surface area contributed by atoms with Gasteiger partial charge < -0.3 is 9.47 Å². The van der Waals surface area contributed by atoms with E-state index in [1.165, 1.54) is 0 Å². The molecule has 0 amide bonds. The molecule has 60 heavy (non-hydrogen) atoms. The maximum Gasteiger partial charge on any atom is 0.0645 e. The molecule has 0 spiro atoms. The summed E-state index contributed by atoms with van der Waals surface area (Å²) in [6.45, 7) is 0. The first-order valence-corrected chi connectivity index (χ1v) is 18.5. The minimum Gasteiger partial charge on any atom is -0.311 e. The molecule has 0 bridgehead atoms. The molecule has 2 heteroatoms. The fourth-order valence-corrected chi connectivity index (χ4v) is 7.05. The molecule has 0 radical (unpaired) electrons. The van der Waals surface area contributed by atoms with E-state index in [0.29, 0.717) is 15.8 Å². The number of hydrogen-bond acceptors (Lipinski definition) is 1. The molecular formula is C58H40N2. The third-order valence-electron chi connectivity index (χ3n) is 9.83. The lowest BCUT2D eigenvalue weighted by Gasteiger charge is -2.26. The Morgan fingerprint density at radius 1 is 0.333 bits per heavy atom. The minimum atomic E-state index is -1.22. The Balaban J connectivity index is 1.19. The predicted octanol–water partition coefficient (Wildman–Crippen LogP) is 16.1. The Kier molecular flexibility index (Phi) is 4.40. The van der Waals surface area contributed by atoms with Crippen LogP contribution in [0.3, 0.4) is 0 Å². The average molecular weight is 791 g/mol. The topological polar surface area (TPSA) is 8.17 Å². The van der Waals surface area contributed by atoms with Crippen LogP contribution in [0.1, 0.15) is 35.6 Å². The van der Waals surface area contributed by atoms with Gasteiger partial charge in [0.05, 0.1) is 46.7 Å². The Hall–Kier alpha value is -7.94. The molecule has 0 fully saturated rings.